The Labute approximate surface area is 112 Å². The minimum Gasteiger partial charge on any atom is -0.370 e. The number of hydrogen-bond donors (Lipinski definition) is 2. The van der Waals surface area contributed by atoms with Crippen LogP contribution in [-0.4, -0.2) is 11.5 Å². The average molecular weight is 298 g/mol. The number of nitrogens with zero attached hydrogens (tertiary/aromatic N) is 1. The van der Waals surface area contributed by atoms with Gasteiger partial charge in [-0.05, 0) is 57.9 Å². The van der Waals surface area contributed by atoms with Gasteiger partial charge in [0.2, 0.25) is 0 Å². The quantitative estimate of drug-likeness (QED) is 0.615. The second kappa shape index (κ2) is 5.08. The highest BCUT2D eigenvalue weighted by Gasteiger charge is 2.09. The van der Waals surface area contributed by atoms with E-state index >= 15 is 0 Å². The van der Waals surface area contributed by atoms with Gasteiger partial charge in [0.1, 0.15) is 0 Å². The van der Waals surface area contributed by atoms with Crippen LogP contribution in [0.5, 0.6) is 0 Å². The number of nitrogens with one attached hydrogen (secondary N) is 1. The van der Waals surface area contributed by atoms with Crippen molar-refractivity contribution in [1.82, 2.24) is 0 Å². The van der Waals surface area contributed by atoms with Gasteiger partial charge in [-0.3, -0.25) is 0 Å². The first kappa shape index (κ1) is 14.0. The van der Waals surface area contributed by atoms with Gasteiger partial charge in [-0.2, -0.15) is 0 Å². The smallest absolute Gasteiger partial charge is 0.193 e. The second-order valence-electron chi connectivity index (χ2n) is 5.22. The van der Waals surface area contributed by atoms with Gasteiger partial charge in [-0.25, -0.2) is 4.99 Å². The molecule has 0 atom stereocenters. The Hall–Kier alpha value is -1.03. The average Bonchev–Trinajstić information content (AvgIpc) is 2.10. The van der Waals surface area contributed by atoms with E-state index in [-0.39, 0.29) is 5.54 Å². The molecular formula is C13H20BrN3. The predicted molar refractivity (Wildman–Crippen MR) is 78.6 cm³/mol. The van der Waals surface area contributed by atoms with Gasteiger partial charge in [-0.1, -0.05) is 15.9 Å². The monoisotopic (exact) mass is 297 g/mol. The van der Waals surface area contributed by atoms with Crippen molar-refractivity contribution >= 4 is 27.6 Å². The molecule has 0 aliphatic carbocycles. The van der Waals surface area contributed by atoms with E-state index in [0.29, 0.717) is 5.96 Å². The minimum absolute atomic E-state index is 0.170. The van der Waals surface area contributed by atoms with Gasteiger partial charge in [0, 0.05) is 10.2 Å². The Morgan fingerprint density at radius 3 is 2.12 bits per heavy atom. The lowest BCUT2D eigenvalue weighted by Gasteiger charge is -2.15. The number of rotatable bonds is 1. The molecule has 0 spiro atoms. The van der Waals surface area contributed by atoms with E-state index < -0.39 is 0 Å². The van der Waals surface area contributed by atoms with Gasteiger partial charge in [0.25, 0.3) is 0 Å². The van der Waals surface area contributed by atoms with E-state index in [2.05, 4.69) is 40.1 Å². The molecule has 1 rings (SSSR count). The van der Waals surface area contributed by atoms with Crippen LogP contribution >= 0.6 is 15.9 Å². The van der Waals surface area contributed by atoms with E-state index in [1.807, 2.05) is 32.9 Å². The predicted octanol–water partition coefficient (Wildman–Crippen LogP) is 3.59. The summed E-state index contributed by atoms with van der Waals surface area (Å²) in [6.07, 6.45) is 0. The highest BCUT2D eigenvalue weighted by atomic mass is 79.9. The van der Waals surface area contributed by atoms with Crippen molar-refractivity contribution in [2.75, 3.05) is 5.32 Å². The molecule has 0 aliphatic heterocycles. The van der Waals surface area contributed by atoms with E-state index in [1.54, 1.807) is 0 Å². The van der Waals surface area contributed by atoms with Crippen molar-refractivity contribution in [3.8, 4) is 0 Å². The summed E-state index contributed by atoms with van der Waals surface area (Å²) in [7, 11) is 0. The van der Waals surface area contributed by atoms with E-state index in [4.69, 9.17) is 5.73 Å². The van der Waals surface area contributed by atoms with Crippen LogP contribution in [0, 0.1) is 13.8 Å². The summed E-state index contributed by atoms with van der Waals surface area (Å²) in [5.74, 6) is 0.443. The summed E-state index contributed by atoms with van der Waals surface area (Å²) in [5.41, 5.74) is 9.01. The van der Waals surface area contributed by atoms with Crippen LogP contribution < -0.4 is 11.1 Å². The number of halogens is 1. The van der Waals surface area contributed by atoms with Crippen molar-refractivity contribution in [3.63, 3.8) is 0 Å². The molecule has 0 fully saturated rings. The number of aryl methyl sites for hydroxylation is 2. The molecule has 4 heteroatoms. The van der Waals surface area contributed by atoms with Crippen LogP contribution in [0.15, 0.2) is 21.6 Å². The van der Waals surface area contributed by atoms with Gasteiger partial charge < -0.3 is 11.1 Å². The molecule has 0 aromatic heterocycles. The van der Waals surface area contributed by atoms with Gasteiger partial charge in [0.15, 0.2) is 5.96 Å². The zero-order valence-corrected chi connectivity index (χ0v) is 12.6. The minimum atomic E-state index is -0.170. The molecular weight excluding hydrogens is 278 g/mol. The van der Waals surface area contributed by atoms with Gasteiger partial charge >= 0.3 is 0 Å². The Balaban J connectivity index is 2.94. The van der Waals surface area contributed by atoms with Crippen molar-refractivity contribution in [1.29, 1.82) is 0 Å². The summed E-state index contributed by atoms with van der Waals surface area (Å²) < 4.78 is 1.13. The Morgan fingerprint density at radius 1 is 1.24 bits per heavy atom. The Bertz CT molecular complexity index is 421. The molecule has 0 bridgehead atoms. The summed E-state index contributed by atoms with van der Waals surface area (Å²) in [4.78, 5) is 4.36. The van der Waals surface area contributed by atoms with E-state index in [1.165, 1.54) is 11.1 Å². The maximum atomic E-state index is 5.86. The molecule has 3 nitrogen and oxygen atoms in total. The van der Waals surface area contributed by atoms with E-state index in [0.717, 1.165) is 10.2 Å². The Morgan fingerprint density at radius 2 is 1.71 bits per heavy atom. The number of hydrogen-bond acceptors (Lipinski definition) is 1. The normalized spacial score (nSPS) is 12.7. The summed E-state index contributed by atoms with van der Waals surface area (Å²) >= 11 is 3.54. The van der Waals surface area contributed by atoms with Crippen LogP contribution in [-0.2, 0) is 0 Å². The SMILES string of the molecule is Cc1cc(NC(N)=NC(C)(C)C)cc(C)c1Br. The van der Waals surface area contributed by atoms with E-state index in [9.17, 15) is 0 Å². The zero-order chi connectivity index (χ0) is 13.2. The lowest BCUT2D eigenvalue weighted by atomic mass is 10.1. The molecule has 0 heterocycles. The first-order valence-corrected chi connectivity index (χ1v) is 6.37. The molecule has 0 saturated heterocycles. The topological polar surface area (TPSA) is 50.4 Å². The first-order valence-electron chi connectivity index (χ1n) is 5.58. The maximum absolute atomic E-state index is 5.86. The maximum Gasteiger partial charge on any atom is 0.193 e. The lowest BCUT2D eigenvalue weighted by Crippen LogP contribution is -2.27. The summed E-state index contributed by atoms with van der Waals surface area (Å²) in [6, 6.07) is 4.09. The number of aliphatic imine (C=N–C) groups is 1. The standard InChI is InChI=1S/C13H20BrN3/c1-8-6-10(7-9(2)11(8)14)16-12(15)17-13(3,4)5/h6-7H,1-5H3,(H3,15,16,17). The molecule has 17 heavy (non-hydrogen) atoms. The van der Waals surface area contributed by atoms with Crippen molar-refractivity contribution in [3.05, 3.63) is 27.7 Å². The second-order valence-corrected chi connectivity index (χ2v) is 6.01. The Kier molecular flexibility index (Phi) is 4.20. The molecule has 0 radical (unpaired) electrons. The van der Waals surface area contributed by atoms with Gasteiger partial charge in [-0.15, -0.1) is 0 Å². The molecule has 3 N–H and O–H groups in total. The third-order valence-corrected chi connectivity index (χ3v) is 3.42. The molecule has 0 aliphatic rings. The fraction of sp³-hybridized carbons (Fsp3) is 0.462. The first-order chi connectivity index (χ1) is 7.69. The number of anilines is 1. The molecule has 0 unspecified atom stereocenters. The van der Waals surface area contributed by atoms with Gasteiger partial charge in [0.05, 0.1) is 5.54 Å². The van der Waals surface area contributed by atoms with Crippen LogP contribution in [0.2, 0.25) is 0 Å². The molecule has 0 saturated carbocycles. The third-order valence-electron chi connectivity index (χ3n) is 2.16. The van der Waals surface area contributed by atoms with Crippen molar-refractivity contribution in [2.45, 2.75) is 40.2 Å². The molecule has 1 aromatic carbocycles. The molecule has 1 aromatic rings. The third kappa shape index (κ3) is 4.38. The summed E-state index contributed by atoms with van der Waals surface area (Å²) in [5, 5.41) is 3.11. The highest BCUT2D eigenvalue weighted by Crippen LogP contribution is 2.24. The molecule has 94 valence electrons. The van der Waals surface area contributed by atoms with Crippen LogP contribution in [0.1, 0.15) is 31.9 Å². The summed E-state index contributed by atoms with van der Waals surface area (Å²) in [6.45, 7) is 10.2. The lowest BCUT2D eigenvalue weighted by molar-refractivity contribution is 0.583. The number of benzene rings is 1. The van der Waals surface area contributed by atoms with Crippen LogP contribution in [0.25, 0.3) is 0 Å². The highest BCUT2D eigenvalue weighted by molar-refractivity contribution is 9.10. The van der Waals surface area contributed by atoms with Crippen LogP contribution in [0.4, 0.5) is 5.69 Å². The fourth-order valence-corrected chi connectivity index (χ4v) is 1.78. The van der Waals surface area contributed by atoms with Crippen molar-refractivity contribution in [2.24, 2.45) is 10.7 Å². The van der Waals surface area contributed by atoms with Crippen molar-refractivity contribution < 1.29 is 0 Å². The molecule has 0 amide bonds. The zero-order valence-electron chi connectivity index (χ0n) is 11.1. The number of nitrogens with two attached hydrogens (primary N) is 1. The number of guanidine groups is 1. The largest absolute Gasteiger partial charge is 0.370 e. The fourth-order valence-electron chi connectivity index (χ4n) is 1.56. The van der Waals surface area contributed by atoms with Crippen LogP contribution in [0.3, 0.4) is 0 Å².